The van der Waals surface area contributed by atoms with Gasteiger partial charge in [0, 0.05) is 11.1 Å². The van der Waals surface area contributed by atoms with Crippen LogP contribution in [0.15, 0.2) is 267 Å². The van der Waals surface area contributed by atoms with E-state index in [2.05, 4.69) is 220 Å². The van der Waals surface area contributed by atoms with E-state index in [1.165, 1.54) is 100 Å². The molecule has 74 heavy (non-hydrogen) atoms. The summed E-state index contributed by atoms with van der Waals surface area (Å²) in [5.41, 5.74) is 30.4. The van der Waals surface area contributed by atoms with E-state index in [1.54, 1.807) is 0 Å². The lowest BCUT2D eigenvalue weighted by Crippen LogP contribution is -2.25. The minimum atomic E-state index is -0.189. The molecule has 0 unspecified atom stereocenters. The summed E-state index contributed by atoms with van der Waals surface area (Å²) in [6.45, 7) is 4.40. The van der Waals surface area contributed by atoms with E-state index < -0.39 is 0 Å². The summed E-state index contributed by atoms with van der Waals surface area (Å²) in [5.74, 6) is 0. The van der Waals surface area contributed by atoms with Gasteiger partial charge in [0.25, 0.3) is 0 Å². The van der Waals surface area contributed by atoms with Gasteiger partial charge in [0.05, 0.1) is 33.3 Å². The Morgan fingerprint density at radius 2 is 0.473 bits per heavy atom. The monoisotopic (exact) mass is 942 g/mol. The van der Waals surface area contributed by atoms with Gasteiger partial charge in [0.1, 0.15) is 0 Å². The van der Waals surface area contributed by atoms with E-state index in [-0.39, 0.29) is 10.8 Å². The minimum absolute atomic E-state index is 0.189. The number of hydrogen-bond acceptors (Lipinski definition) is 2. The summed E-state index contributed by atoms with van der Waals surface area (Å²) < 4.78 is 0. The summed E-state index contributed by atoms with van der Waals surface area (Å²) in [5, 5.41) is 0. The van der Waals surface area contributed by atoms with Crippen LogP contribution < -0.4 is 0 Å². The van der Waals surface area contributed by atoms with Crippen LogP contribution in [-0.2, 0) is 10.8 Å². The Hall–Kier alpha value is -9.24. The molecule has 1 aromatic heterocycles. The van der Waals surface area contributed by atoms with Gasteiger partial charge in [-0.2, -0.15) is 0 Å². The van der Waals surface area contributed by atoms with Crippen molar-refractivity contribution in [2.24, 2.45) is 0 Å². The topological polar surface area (TPSA) is 25.8 Å². The number of aromatic nitrogens is 2. The maximum atomic E-state index is 4.86. The highest BCUT2D eigenvalue weighted by Gasteiger charge is 2.52. The number of rotatable bonds is 2. The Morgan fingerprint density at radius 3 is 0.770 bits per heavy atom. The van der Waals surface area contributed by atoms with Crippen molar-refractivity contribution >= 4 is 11.0 Å². The molecule has 12 aromatic rings. The second-order valence-corrected chi connectivity index (χ2v) is 20.0. The van der Waals surface area contributed by atoms with Gasteiger partial charge in [0.2, 0.25) is 0 Å². The molecule has 11 aromatic carbocycles. The third kappa shape index (κ3) is 6.38. The Bertz CT molecular complexity index is 3770. The molecule has 0 radical (unpaired) electrons. The number of hydrogen-bond donors (Lipinski definition) is 0. The molecular formula is C72H50N2. The molecule has 0 atom stereocenters. The number of aryl methyl sites for hydroxylation is 2. The summed E-state index contributed by atoms with van der Waals surface area (Å²) >= 11 is 0. The fraction of sp³-hybridized carbons (Fsp3) is 0.0556. The molecular weight excluding hydrogens is 893 g/mol. The van der Waals surface area contributed by atoms with Crippen molar-refractivity contribution in [1.82, 2.24) is 9.97 Å². The van der Waals surface area contributed by atoms with Crippen LogP contribution in [-0.4, -0.2) is 9.97 Å². The normalized spacial score (nSPS) is 13.5. The van der Waals surface area contributed by atoms with Crippen LogP contribution in [0, 0.1) is 13.8 Å². The molecule has 0 saturated heterocycles. The van der Waals surface area contributed by atoms with Crippen LogP contribution >= 0.6 is 0 Å². The van der Waals surface area contributed by atoms with Crippen molar-refractivity contribution in [3.63, 3.8) is 0 Å². The number of nitrogens with zero attached hydrogens (tertiary/aromatic N) is 2. The zero-order valence-electron chi connectivity index (χ0n) is 41.3. The molecule has 0 aliphatic heterocycles. The minimum Gasteiger partial charge on any atom is -0.244 e. The van der Waals surface area contributed by atoms with Crippen molar-refractivity contribution in [2.45, 2.75) is 24.7 Å². The summed E-state index contributed by atoms with van der Waals surface area (Å²) in [6, 6.07) is 96.0. The van der Waals surface area contributed by atoms with Crippen LogP contribution in [0.4, 0.5) is 0 Å². The van der Waals surface area contributed by atoms with E-state index in [0.717, 1.165) is 33.5 Å². The Labute approximate surface area is 433 Å². The molecule has 0 N–H and O–H groups in total. The molecule has 0 saturated carbocycles. The molecule has 0 fully saturated rings. The second kappa shape index (κ2) is 17.2. The van der Waals surface area contributed by atoms with Gasteiger partial charge in [-0.05, 0) is 115 Å². The largest absolute Gasteiger partial charge is 0.244 e. The first-order chi connectivity index (χ1) is 36.5. The van der Waals surface area contributed by atoms with Crippen LogP contribution in [0.3, 0.4) is 0 Å². The van der Waals surface area contributed by atoms with Gasteiger partial charge >= 0.3 is 0 Å². The van der Waals surface area contributed by atoms with E-state index in [1.807, 2.05) is 60.7 Å². The lowest BCUT2D eigenvalue weighted by atomic mass is 9.70. The standard InChI is InChI=1S/2C26H18.C20H14N2/c2*1-17-14-15-21-20-10-4-7-13-24(20)26(25(21)16-17)22-11-5-2-8-18(22)19-9-3-6-12-23(19)26;1-3-9-15(10-4-1)19-20(16-11-5-2-6-12-16)22-18-14-8-7-13-17(18)21-19/h2*2-16H,1H3;1-14H. The van der Waals surface area contributed by atoms with E-state index in [9.17, 15) is 0 Å². The quantitative estimate of drug-likeness (QED) is 0.173. The fourth-order valence-corrected chi connectivity index (χ4v) is 13.0. The SMILES string of the molecule is Cc1ccc2c(c1)C1(c3ccccc3-c3ccccc31)c1ccccc1-2.Cc1ccc2c(c1)C1(c3ccccc3-c3ccccc31)c1ccccc1-2.c1ccc(-c2nc3ccccc3nc2-c2ccccc2)cc1. The second-order valence-electron chi connectivity index (χ2n) is 20.0. The molecule has 2 spiro atoms. The van der Waals surface area contributed by atoms with Crippen molar-refractivity contribution in [2.75, 3.05) is 0 Å². The maximum Gasteiger partial charge on any atom is 0.0973 e. The highest BCUT2D eigenvalue weighted by molar-refractivity contribution is 5.97. The molecule has 2 heteroatoms. The summed E-state index contributed by atoms with van der Waals surface area (Å²) in [6.07, 6.45) is 0. The molecule has 0 bridgehead atoms. The average molecular weight is 943 g/mol. The Balaban J connectivity index is 0.000000103. The van der Waals surface area contributed by atoms with Crippen LogP contribution in [0.1, 0.15) is 55.6 Å². The van der Waals surface area contributed by atoms with Crippen molar-refractivity contribution in [1.29, 1.82) is 0 Å². The molecule has 16 rings (SSSR count). The predicted molar refractivity (Wildman–Crippen MR) is 305 cm³/mol. The predicted octanol–water partition coefficient (Wildman–Crippen LogP) is 17.6. The Morgan fingerprint density at radius 1 is 0.230 bits per heavy atom. The number of fused-ring (bicyclic) bond motifs is 21. The lowest BCUT2D eigenvalue weighted by Gasteiger charge is -2.30. The van der Waals surface area contributed by atoms with Crippen molar-refractivity contribution in [3.05, 3.63) is 323 Å². The number of para-hydroxylation sites is 2. The first-order valence-corrected chi connectivity index (χ1v) is 25.7. The van der Waals surface area contributed by atoms with Crippen molar-refractivity contribution < 1.29 is 0 Å². The third-order valence-electron chi connectivity index (χ3n) is 16.0. The van der Waals surface area contributed by atoms with E-state index in [4.69, 9.17) is 9.97 Å². The smallest absolute Gasteiger partial charge is 0.0973 e. The molecule has 4 aliphatic carbocycles. The maximum absolute atomic E-state index is 4.86. The fourth-order valence-electron chi connectivity index (χ4n) is 13.0. The zero-order valence-corrected chi connectivity index (χ0v) is 41.3. The zero-order chi connectivity index (χ0) is 49.4. The summed E-state index contributed by atoms with van der Waals surface area (Å²) in [4.78, 5) is 9.72. The average Bonchev–Trinajstić information content (AvgIpc) is 4.31. The molecule has 2 nitrogen and oxygen atoms in total. The molecule has 348 valence electrons. The van der Waals surface area contributed by atoms with E-state index >= 15 is 0 Å². The van der Waals surface area contributed by atoms with Gasteiger partial charge in [-0.25, -0.2) is 9.97 Å². The van der Waals surface area contributed by atoms with Gasteiger partial charge < -0.3 is 0 Å². The van der Waals surface area contributed by atoms with Crippen molar-refractivity contribution in [3.8, 4) is 67.0 Å². The van der Waals surface area contributed by atoms with Crippen LogP contribution in [0.5, 0.6) is 0 Å². The van der Waals surface area contributed by atoms with Gasteiger partial charge in [-0.3, -0.25) is 0 Å². The first-order valence-electron chi connectivity index (χ1n) is 25.7. The van der Waals surface area contributed by atoms with Gasteiger partial charge in [-0.1, -0.05) is 266 Å². The molecule has 1 heterocycles. The van der Waals surface area contributed by atoms with Gasteiger partial charge in [-0.15, -0.1) is 0 Å². The van der Waals surface area contributed by atoms with Crippen LogP contribution in [0.25, 0.3) is 78.1 Å². The highest BCUT2D eigenvalue weighted by Crippen LogP contribution is 2.64. The molecule has 0 amide bonds. The highest BCUT2D eigenvalue weighted by atomic mass is 14.8. The Kier molecular flexibility index (Phi) is 10.1. The van der Waals surface area contributed by atoms with Crippen LogP contribution in [0.2, 0.25) is 0 Å². The third-order valence-corrected chi connectivity index (χ3v) is 16.0. The van der Waals surface area contributed by atoms with Gasteiger partial charge in [0.15, 0.2) is 0 Å². The summed E-state index contributed by atoms with van der Waals surface area (Å²) in [7, 11) is 0. The first kappa shape index (κ1) is 43.5. The molecule has 4 aliphatic rings. The van der Waals surface area contributed by atoms with E-state index in [0.29, 0.717) is 0 Å². The number of benzene rings is 11. The lowest BCUT2D eigenvalue weighted by molar-refractivity contribution is 0.792.